The predicted molar refractivity (Wildman–Crippen MR) is 112 cm³/mol. The van der Waals surface area contributed by atoms with Gasteiger partial charge in [-0.1, -0.05) is 32.1 Å². The highest BCUT2D eigenvalue weighted by Gasteiger charge is 2.35. The Bertz CT molecular complexity index is 1050. The van der Waals surface area contributed by atoms with Gasteiger partial charge in [-0.05, 0) is 48.2 Å². The molecule has 2 amide bonds. The molecule has 1 aliphatic heterocycles. The number of benzene rings is 2. The third kappa shape index (κ3) is 3.94. The Kier molecular flexibility index (Phi) is 6.26. The fraction of sp³-hybridized carbons (Fsp3) is 0.250. The fourth-order valence-electron chi connectivity index (χ4n) is 3.42. The van der Waals surface area contributed by atoms with Crippen LogP contribution in [0.25, 0.3) is 0 Å². The second-order valence-electron chi connectivity index (χ2n) is 6.97. The molecular formula is C24H23NO5. The van der Waals surface area contributed by atoms with Gasteiger partial charge in [-0.15, -0.1) is 6.58 Å². The van der Waals surface area contributed by atoms with E-state index in [9.17, 15) is 19.2 Å². The van der Waals surface area contributed by atoms with Gasteiger partial charge in [0.1, 0.15) is 0 Å². The van der Waals surface area contributed by atoms with E-state index in [1.165, 1.54) is 24.3 Å². The number of aryl methyl sites for hydroxylation is 2. The van der Waals surface area contributed by atoms with Crippen LogP contribution < -0.4 is 0 Å². The van der Waals surface area contributed by atoms with Crippen LogP contribution in [0.4, 0.5) is 0 Å². The van der Waals surface area contributed by atoms with Gasteiger partial charge in [0.15, 0.2) is 6.61 Å². The SMILES string of the molecule is C=CCN1C(=O)c2ccc(C(=O)OCC(=O)c3cc(CC)ccc3CC)cc2C1=O. The van der Waals surface area contributed by atoms with E-state index in [0.717, 1.165) is 22.4 Å². The zero-order chi connectivity index (χ0) is 21.8. The van der Waals surface area contributed by atoms with Crippen molar-refractivity contribution in [2.75, 3.05) is 13.2 Å². The lowest BCUT2D eigenvalue weighted by atomic mass is 9.98. The number of ketones is 1. The molecule has 0 unspecified atom stereocenters. The quantitative estimate of drug-likeness (QED) is 0.290. The van der Waals surface area contributed by atoms with Crippen LogP contribution in [0.2, 0.25) is 0 Å². The molecule has 2 aromatic rings. The van der Waals surface area contributed by atoms with Gasteiger partial charge < -0.3 is 4.74 Å². The number of imide groups is 1. The smallest absolute Gasteiger partial charge is 0.338 e. The van der Waals surface area contributed by atoms with E-state index in [4.69, 9.17) is 4.74 Å². The number of rotatable bonds is 8. The van der Waals surface area contributed by atoms with Gasteiger partial charge in [0.2, 0.25) is 5.78 Å². The normalized spacial score (nSPS) is 12.7. The Labute approximate surface area is 175 Å². The van der Waals surface area contributed by atoms with E-state index in [2.05, 4.69) is 6.58 Å². The van der Waals surface area contributed by atoms with E-state index < -0.39 is 24.4 Å². The molecule has 0 radical (unpaired) electrons. The van der Waals surface area contributed by atoms with Gasteiger partial charge in [0.05, 0.1) is 16.7 Å². The Balaban J connectivity index is 1.74. The molecule has 1 heterocycles. The fourth-order valence-corrected chi connectivity index (χ4v) is 3.42. The molecule has 0 saturated heterocycles. The molecule has 0 bridgehead atoms. The number of hydrogen-bond donors (Lipinski definition) is 0. The molecule has 0 aromatic heterocycles. The number of esters is 1. The van der Waals surface area contributed by atoms with Crippen LogP contribution in [0.5, 0.6) is 0 Å². The van der Waals surface area contributed by atoms with E-state index in [-0.39, 0.29) is 29.0 Å². The highest BCUT2D eigenvalue weighted by molar-refractivity contribution is 6.22. The maximum atomic E-state index is 12.6. The second kappa shape index (κ2) is 8.86. The van der Waals surface area contributed by atoms with Crippen molar-refractivity contribution in [2.24, 2.45) is 0 Å². The van der Waals surface area contributed by atoms with Crippen molar-refractivity contribution in [2.45, 2.75) is 26.7 Å². The Morgan fingerprint density at radius 3 is 2.40 bits per heavy atom. The Morgan fingerprint density at radius 2 is 1.73 bits per heavy atom. The summed E-state index contributed by atoms with van der Waals surface area (Å²) in [5.74, 6) is -1.91. The van der Waals surface area contributed by atoms with Gasteiger partial charge in [-0.3, -0.25) is 19.3 Å². The minimum Gasteiger partial charge on any atom is -0.454 e. The maximum absolute atomic E-state index is 12.6. The monoisotopic (exact) mass is 405 g/mol. The average molecular weight is 405 g/mol. The molecule has 0 aliphatic carbocycles. The van der Waals surface area contributed by atoms with Crippen molar-refractivity contribution < 1.29 is 23.9 Å². The summed E-state index contributed by atoms with van der Waals surface area (Å²) in [5, 5.41) is 0. The summed E-state index contributed by atoms with van der Waals surface area (Å²) in [6.45, 7) is 7.20. The summed E-state index contributed by atoms with van der Waals surface area (Å²) in [4.78, 5) is 50.8. The number of ether oxygens (including phenoxy) is 1. The summed E-state index contributed by atoms with van der Waals surface area (Å²) >= 11 is 0. The largest absolute Gasteiger partial charge is 0.454 e. The summed E-state index contributed by atoms with van der Waals surface area (Å²) in [6, 6.07) is 9.93. The number of hydrogen-bond acceptors (Lipinski definition) is 5. The molecule has 30 heavy (non-hydrogen) atoms. The number of carbonyl (C=O) groups is 4. The lowest BCUT2D eigenvalue weighted by Crippen LogP contribution is -2.29. The Hall–Kier alpha value is -3.54. The molecule has 3 rings (SSSR count). The number of Topliss-reactive ketones (excluding diaryl/α,β-unsaturated/α-hetero) is 1. The minimum atomic E-state index is -0.724. The lowest BCUT2D eigenvalue weighted by molar-refractivity contribution is 0.0474. The Morgan fingerprint density at radius 1 is 1.00 bits per heavy atom. The predicted octanol–water partition coefficient (Wildman–Crippen LogP) is 3.63. The van der Waals surface area contributed by atoms with Crippen molar-refractivity contribution in [1.82, 2.24) is 4.90 Å². The van der Waals surface area contributed by atoms with Crippen molar-refractivity contribution in [3.8, 4) is 0 Å². The first-order valence-corrected chi connectivity index (χ1v) is 9.84. The highest BCUT2D eigenvalue weighted by atomic mass is 16.5. The van der Waals surface area contributed by atoms with Gasteiger partial charge in [0, 0.05) is 12.1 Å². The van der Waals surface area contributed by atoms with E-state index in [1.54, 1.807) is 0 Å². The van der Waals surface area contributed by atoms with Crippen LogP contribution in [0.15, 0.2) is 49.1 Å². The maximum Gasteiger partial charge on any atom is 0.338 e. The van der Waals surface area contributed by atoms with Crippen molar-refractivity contribution in [1.29, 1.82) is 0 Å². The number of carbonyl (C=O) groups excluding carboxylic acids is 4. The van der Waals surface area contributed by atoms with Gasteiger partial charge in [-0.25, -0.2) is 4.79 Å². The van der Waals surface area contributed by atoms with E-state index >= 15 is 0 Å². The molecule has 0 spiro atoms. The zero-order valence-corrected chi connectivity index (χ0v) is 17.1. The number of amides is 2. The first-order valence-electron chi connectivity index (χ1n) is 9.84. The minimum absolute atomic E-state index is 0.0945. The van der Waals surface area contributed by atoms with Crippen molar-refractivity contribution in [3.05, 3.63) is 82.4 Å². The zero-order valence-electron chi connectivity index (χ0n) is 17.1. The highest BCUT2D eigenvalue weighted by Crippen LogP contribution is 2.24. The number of fused-ring (bicyclic) bond motifs is 1. The number of nitrogens with zero attached hydrogens (tertiary/aromatic N) is 1. The molecule has 0 N–H and O–H groups in total. The molecule has 2 aromatic carbocycles. The molecule has 0 saturated carbocycles. The van der Waals surface area contributed by atoms with Crippen LogP contribution in [0, 0.1) is 0 Å². The van der Waals surface area contributed by atoms with Gasteiger partial charge in [0.25, 0.3) is 11.8 Å². The van der Waals surface area contributed by atoms with Gasteiger partial charge in [-0.2, -0.15) is 0 Å². The van der Waals surface area contributed by atoms with Crippen LogP contribution in [-0.2, 0) is 17.6 Å². The van der Waals surface area contributed by atoms with Crippen molar-refractivity contribution in [3.63, 3.8) is 0 Å². The topological polar surface area (TPSA) is 80.8 Å². The third-order valence-corrected chi connectivity index (χ3v) is 5.12. The summed E-state index contributed by atoms with van der Waals surface area (Å²) in [5.41, 5.74) is 2.98. The summed E-state index contributed by atoms with van der Waals surface area (Å²) in [7, 11) is 0. The van der Waals surface area contributed by atoms with E-state index in [0.29, 0.717) is 12.0 Å². The molecule has 0 fully saturated rings. The van der Waals surface area contributed by atoms with E-state index in [1.807, 2.05) is 32.0 Å². The van der Waals surface area contributed by atoms with Crippen LogP contribution >= 0.6 is 0 Å². The lowest BCUT2D eigenvalue weighted by Gasteiger charge is -2.10. The molecule has 154 valence electrons. The molecule has 6 nitrogen and oxygen atoms in total. The third-order valence-electron chi connectivity index (χ3n) is 5.12. The molecular weight excluding hydrogens is 382 g/mol. The van der Waals surface area contributed by atoms with Crippen LogP contribution in [0.1, 0.15) is 66.4 Å². The standard InChI is InChI=1S/C24H23NO5/c1-4-11-25-22(27)18-10-9-17(13-20(18)23(25)28)24(29)30-14-21(26)19-12-15(5-2)7-8-16(19)6-3/h4,7-10,12-13H,1,5-6,11,14H2,2-3H3. The van der Waals surface area contributed by atoms with Crippen LogP contribution in [0.3, 0.4) is 0 Å². The van der Waals surface area contributed by atoms with Crippen LogP contribution in [-0.4, -0.2) is 41.6 Å². The summed E-state index contributed by atoms with van der Waals surface area (Å²) < 4.78 is 5.20. The molecule has 0 atom stereocenters. The molecule has 1 aliphatic rings. The summed E-state index contributed by atoms with van der Waals surface area (Å²) in [6.07, 6.45) is 2.95. The average Bonchev–Trinajstić information content (AvgIpc) is 3.01. The first-order chi connectivity index (χ1) is 14.4. The first kappa shape index (κ1) is 21.2. The van der Waals surface area contributed by atoms with Gasteiger partial charge >= 0.3 is 5.97 Å². The van der Waals surface area contributed by atoms with Crippen molar-refractivity contribution >= 4 is 23.6 Å². The second-order valence-corrected chi connectivity index (χ2v) is 6.97. The molecule has 6 heteroatoms.